The Hall–Kier alpha value is 0.220. The number of phosphoric ester groups is 2. The van der Waals surface area contributed by atoms with Crippen LogP contribution < -0.4 is 0 Å². The van der Waals surface area contributed by atoms with Crippen molar-refractivity contribution in [2.45, 2.75) is 38.5 Å². The molecule has 4 aliphatic rings. The minimum Gasteiger partial charge on any atom is -0.303 e. The highest BCUT2D eigenvalue weighted by atomic mass is 31.2. The quantitative estimate of drug-likeness (QED) is 0.529. The summed E-state index contributed by atoms with van der Waals surface area (Å²) in [4.78, 5) is 35.8. The topological polar surface area (TPSA) is 134 Å². The van der Waals surface area contributed by atoms with Crippen molar-refractivity contribution in [3.63, 3.8) is 0 Å². The van der Waals surface area contributed by atoms with Crippen molar-refractivity contribution in [3.8, 4) is 0 Å². The predicted octanol–water partition coefficient (Wildman–Crippen LogP) is 1.79. The third kappa shape index (κ3) is 3.82. The van der Waals surface area contributed by atoms with Gasteiger partial charge in [0.25, 0.3) is 0 Å². The van der Waals surface area contributed by atoms with Gasteiger partial charge in [0, 0.05) is 0 Å². The van der Waals surface area contributed by atoms with Crippen molar-refractivity contribution in [1.29, 1.82) is 0 Å². The summed E-state index contributed by atoms with van der Waals surface area (Å²) >= 11 is 0. The second-order valence-corrected chi connectivity index (χ2v) is 9.97. The highest BCUT2D eigenvalue weighted by molar-refractivity contribution is 7.46. The molecular weight excluding hydrogens is 334 g/mol. The third-order valence-corrected chi connectivity index (χ3v) is 6.31. The number of phosphoric acid groups is 2. The third-order valence-electron chi connectivity index (χ3n) is 5.38. The fourth-order valence-corrected chi connectivity index (χ4v) is 6.31. The first-order chi connectivity index (χ1) is 9.99. The van der Waals surface area contributed by atoms with Gasteiger partial charge in [0.1, 0.15) is 0 Å². The van der Waals surface area contributed by atoms with Gasteiger partial charge >= 0.3 is 15.6 Å². The van der Waals surface area contributed by atoms with Gasteiger partial charge in [0.05, 0.1) is 13.2 Å². The van der Waals surface area contributed by atoms with Gasteiger partial charge in [-0.15, -0.1) is 0 Å². The molecule has 10 heteroatoms. The minimum atomic E-state index is -4.51. The molecule has 0 aliphatic heterocycles. The second-order valence-electron chi connectivity index (χ2n) is 7.49. The van der Waals surface area contributed by atoms with Gasteiger partial charge < -0.3 is 19.6 Å². The lowest BCUT2D eigenvalue weighted by molar-refractivity contribution is -0.141. The smallest absolute Gasteiger partial charge is 0.303 e. The molecule has 128 valence electrons. The number of rotatable bonds is 6. The maximum Gasteiger partial charge on any atom is 0.469 e. The van der Waals surface area contributed by atoms with Gasteiger partial charge in [-0.2, -0.15) is 0 Å². The van der Waals surface area contributed by atoms with E-state index in [1.165, 1.54) is 0 Å². The molecule has 4 fully saturated rings. The summed E-state index contributed by atoms with van der Waals surface area (Å²) in [6.07, 6.45) is 5.17. The first-order valence-electron chi connectivity index (χ1n) is 7.39. The summed E-state index contributed by atoms with van der Waals surface area (Å²) in [5, 5.41) is 0. The zero-order chi connectivity index (χ0) is 16.2. The van der Waals surface area contributed by atoms with Gasteiger partial charge in [-0.1, -0.05) is 0 Å². The lowest BCUT2D eigenvalue weighted by Gasteiger charge is -2.61. The number of hydrogen-bond donors (Lipinski definition) is 4. The zero-order valence-corrected chi connectivity index (χ0v) is 13.9. The molecular formula is C12H22O8P2. The van der Waals surface area contributed by atoms with E-state index in [9.17, 15) is 9.13 Å². The molecule has 4 rings (SSSR count). The van der Waals surface area contributed by atoms with Gasteiger partial charge in [-0.25, -0.2) is 9.13 Å². The maximum atomic E-state index is 11.0. The van der Waals surface area contributed by atoms with Crippen LogP contribution in [0.4, 0.5) is 0 Å². The average Bonchev–Trinajstić information content (AvgIpc) is 2.31. The Kier molecular flexibility index (Phi) is 4.16. The summed E-state index contributed by atoms with van der Waals surface area (Å²) in [5.41, 5.74) is -0.604. The van der Waals surface area contributed by atoms with E-state index in [1.54, 1.807) is 0 Å². The molecule has 0 atom stereocenters. The van der Waals surface area contributed by atoms with E-state index in [0.29, 0.717) is 18.3 Å². The lowest BCUT2D eigenvalue weighted by atomic mass is 9.44. The molecule has 4 aliphatic carbocycles. The van der Waals surface area contributed by atoms with Crippen LogP contribution in [0.2, 0.25) is 0 Å². The van der Waals surface area contributed by atoms with E-state index in [4.69, 9.17) is 28.6 Å². The average molecular weight is 356 g/mol. The molecule has 0 amide bonds. The van der Waals surface area contributed by atoms with Crippen molar-refractivity contribution in [2.75, 3.05) is 13.2 Å². The van der Waals surface area contributed by atoms with Crippen LogP contribution in [-0.2, 0) is 18.2 Å². The summed E-state index contributed by atoms with van der Waals surface area (Å²) in [6.45, 7) is 0.00385. The minimum absolute atomic E-state index is 0.00192. The van der Waals surface area contributed by atoms with Crippen molar-refractivity contribution >= 4 is 15.6 Å². The van der Waals surface area contributed by atoms with Crippen LogP contribution in [0.5, 0.6) is 0 Å². The Balaban J connectivity index is 1.75. The molecule has 4 saturated carbocycles. The van der Waals surface area contributed by atoms with Crippen molar-refractivity contribution in [3.05, 3.63) is 0 Å². The maximum absolute atomic E-state index is 11.0. The Morgan fingerprint density at radius 1 is 0.818 bits per heavy atom. The molecule has 0 unspecified atom stereocenters. The molecule has 8 nitrogen and oxygen atoms in total. The molecule has 0 aromatic carbocycles. The molecule has 0 aromatic rings. The first-order valence-corrected chi connectivity index (χ1v) is 10.4. The fourth-order valence-electron chi connectivity index (χ4n) is 5.43. The van der Waals surface area contributed by atoms with E-state index in [-0.39, 0.29) is 24.0 Å². The Morgan fingerprint density at radius 2 is 1.18 bits per heavy atom. The van der Waals surface area contributed by atoms with Gasteiger partial charge in [0.2, 0.25) is 0 Å². The van der Waals surface area contributed by atoms with Gasteiger partial charge in [-0.3, -0.25) is 9.05 Å². The molecule has 0 radical (unpaired) electrons. The second kappa shape index (κ2) is 5.36. The van der Waals surface area contributed by atoms with E-state index in [2.05, 4.69) is 0 Å². The van der Waals surface area contributed by atoms with Crippen LogP contribution in [0.3, 0.4) is 0 Å². The molecule has 0 heterocycles. The Morgan fingerprint density at radius 3 is 1.50 bits per heavy atom. The Labute approximate surface area is 128 Å². The highest BCUT2D eigenvalue weighted by Crippen LogP contribution is 2.66. The SMILES string of the molecule is O=P(O)(O)OCC12CC3CC(C1)CC(COP(=O)(O)O)(C3)C2. The molecule has 4 N–H and O–H groups in total. The van der Waals surface area contributed by atoms with E-state index in [1.807, 2.05) is 0 Å². The molecule has 4 bridgehead atoms. The summed E-state index contributed by atoms with van der Waals surface area (Å²) in [6, 6.07) is 0. The predicted molar refractivity (Wildman–Crippen MR) is 75.5 cm³/mol. The summed E-state index contributed by atoms with van der Waals surface area (Å²) in [5.74, 6) is 0.837. The highest BCUT2D eigenvalue weighted by Gasteiger charge is 2.58. The van der Waals surface area contributed by atoms with E-state index >= 15 is 0 Å². The van der Waals surface area contributed by atoms with Crippen LogP contribution >= 0.6 is 15.6 Å². The zero-order valence-electron chi connectivity index (χ0n) is 12.1. The van der Waals surface area contributed by atoms with Crippen LogP contribution in [0.1, 0.15) is 38.5 Å². The molecule has 0 aromatic heterocycles. The van der Waals surface area contributed by atoms with E-state index < -0.39 is 15.6 Å². The van der Waals surface area contributed by atoms with Gasteiger partial charge in [-0.05, 0) is 61.2 Å². The monoisotopic (exact) mass is 356 g/mol. The number of hydrogen-bond acceptors (Lipinski definition) is 4. The van der Waals surface area contributed by atoms with Crippen LogP contribution in [-0.4, -0.2) is 32.8 Å². The van der Waals surface area contributed by atoms with Crippen LogP contribution in [0, 0.1) is 22.7 Å². The lowest BCUT2D eigenvalue weighted by Crippen LogP contribution is -2.55. The molecule has 0 saturated heterocycles. The van der Waals surface area contributed by atoms with E-state index in [0.717, 1.165) is 32.1 Å². The Bertz CT molecular complexity index is 479. The standard InChI is InChI=1S/C12H22O8P2/c13-21(14,15)19-7-11-2-9-1-10(4-11)5-12(3-9,6-11)8-20-22(16,17)18/h9-10H,1-8H2,(H2,13,14,15)(H2,16,17,18). The van der Waals surface area contributed by atoms with Gasteiger partial charge in [0.15, 0.2) is 0 Å². The summed E-state index contributed by atoms with van der Waals surface area (Å²) < 4.78 is 31.6. The van der Waals surface area contributed by atoms with Crippen molar-refractivity contribution in [2.24, 2.45) is 22.7 Å². The largest absolute Gasteiger partial charge is 0.469 e. The van der Waals surface area contributed by atoms with Crippen molar-refractivity contribution in [1.82, 2.24) is 0 Å². The molecule has 0 spiro atoms. The van der Waals surface area contributed by atoms with Crippen LogP contribution in [0.15, 0.2) is 0 Å². The molecule has 22 heavy (non-hydrogen) atoms. The van der Waals surface area contributed by atoms with Crippen molar-refractivity contribution < 1.29 is 37.8 Å². The fraction of sp³-hybridized carbons (Fsp3) is 1.00. The van der Waals surface area contributed by atoms with Crippen LogP contribution in [0.25, 0.3) is 0 Å². The normalized spacial score (nSPS) is 41.1. The first kappa shape index (κ1) is 17.1. The summed E-state index contributed by atoms with van der Waals surface area (Å²) in [7, 11) is -9.02.